The third-order valence-corrected chi connectivity index (χ3v) is 6.56. The molecule has 8 nitrogen and oxygen atoms in total. The van der Waals surface area contributed by atoms with E-state index in [9.17, 15) is 13.2 Å². The first-order valence-electron chi connectivity index (χ1n) is 8.28. The van der Waals surface area contributed by atoms with E-state index in [1.165, 1.54) is 6.92 Å². The van der Waals surface area contributed by atoms with Gasteiger partial charge in [-0.2, -0.15) is 4.72 Å². The average Bonchev–Trinajstić information content (AvgIpc) is 3.00. The lowest BCUT2D eigenvalue weighted by Crippen LogP contribution is -2.49. The van der Waals surface area contributed by atoms with Crippen LogP contribution in [-0.2, 0) is 14.8 Å². The Bertz CT molecular complexity index is 710. The molecule has 2 aliphatic rings. The molecule has 0 aromatic carbocycles. The summed E-state index contributed by atoms with van der Waals surface area (Å²) in [5.74, 6) is 0.0237. The van der Waals surface area contributed by atoms with Gasteiger partial charge >= 0.3 is 0 Å². The summed E-state index contributed by atoms with van der Waals surface area (Å²) >= 11 is 0. The van der Waals surface area contributed by atoms with Crippen LogP contribution in [0.5, 0.6) is 0 Å². The van der Waals surface area contributed by atoms with Crippen molar-refractivity contribution in [3.63, 3.8) is 0 Å². The number of aryl methyl sites for hydroxylation is 2. The molecule has 2 saturated heterocycles. The SMILES string of the molecule is Cc1noc(C)c1S(=O)(=O)NC(C)C(=O)N1CCC2CCC(C1)N2. The van der Waals surface area contributed by atoms with E-state index in [1.54, 1.807) is 18.7 Å². The van der Waals surface area contributed by atoms with Crippen molar-refractivity contribution in [1.29, 1.82) is 0 Å². The number of nitrogens with one attached hydrogen (secondary N) is 2. The maximum atomic E-state index is 12.7. The van der Waals surface area contributed by atoms with Gasteiger partial charge < -0.3 is 14.7 Å². The van der Waals surface area contributed by atoms with E-state index in [2.05, 4.69) is 15.2 Å². The summed E-state index contributed by atoms with van der Waals surface area (Å²) in [5.41, 5.74) is 0.288. The highest BCUT2D eigenvalue weighted by Crippen LogP contribution is 2.22. The molecular formula is C15H24N4O4S. The lowest BCUT2D eigenvalue weighted by molar-refractivity contribution is -0.132. The number of hydrogen-bond acceptors (Lipinski definition) is 6. The molecule has 2 aliphatic heterocycles. The number of rotatable bonds is 4. The minimum atomic E-state index is -3.85. The van der Waals surface area contributed by atoms with Crippen LogP contribution in [0.15, 0.2) is 9.42 Å². The van der Waals surface area contributed by atoms with Gasteiger partial charge in [-0.25, -0.2) is 8.42 Å². The van der Waals surface area contributed by atoms with Gasteiger partial charge in [0.15, 0.2) is 5.76 Å². The standard InChI is InChI=1S/C15H24N4O4S/c1-9-14(11(3)23-17-9)24(21,22)18-10(2)15(20)19-7-6-12-4-5-13(8-19)16-12/h10,12-13,16,18H,4-8H2,1-3H3. The zero-order valence-corrected chi connectivity index (χ0v) is 15.0. The Balaban J connectivity index is 1.70. The number of nitrogens with zero attached hydrogens (tertiary/aromatic N) is 2. The summed E-state index contributed by atoms with van der Waals surface area (Å²) in [6.07, 6.45) is 3.13. The monoisotopic (exact) mass is 356 g/mol. The van der Waals surface area contributed by atoms with Crippen molar-refractivity contribution in [1.82, 2.24) is 20.1 Å². The van der Waals surface area contributed by atoms with E-state index < -0.39 is 16.1 Å². The smallest absolute Gasteiger partial charge is 0.246 e. The van der Waals surface area contributed by atoms with Crippen LogP contribution in [-0.4, -0.2) is 55.6 Å². The molecule has 3 atom stereocenters. The molecule has 2 bridgehead atoms. The predicted octanol–water partition coefficient (Wildman–Crippen LogP) is 0.311. The van der Waals surface area contributed by atoms with E-state index in [1.807, 2.05) is 0 Å². The van der Waals surface area contributed by atoms with Crippen molar-refractivity contribution in [2.24, 2.45) is 0 Å². The van der Waals surface area contributed by atoms with Crippen molar-refractivity contribution in [2.45, 2.75) is 63.1 Å². The van der Waals surface area contributed by atoms with Crippen LogP contribution in [0.4, 0.5) is 0 Å². The first-order valence-corrected chi connectivity index (χ1v) is 9.76. The second kappa shape index (κ2) is 6.45. The number of likely N-dealkylation sites (tertiary alicyclic amines) is 1. The lowest BCUT2D eigenvalue weighted by atomic mass is 10.1. The van der Waals surface area contributed by atoms with Crippen LogP contribution in [0, 0.1) is 13.8 Å². The molecule has 0 radical (unpaired) electrons. The average molecular weight is 356 g/mol. The van der Waals surface area contributed by atoms with E-state index >= 15 is 0 Å². The number of amides is 1. The van der Waals surface area contributed by atoms with Gasteiger partial charge in [-0.1, -0.05) is 5.16 Å². The Morgan fingerprint density at radius 1 is 1.33 bits per heavy atom. The number of carbonyl (C=O) groups is 1. The maximum absolute atomic E-state index is 12.7. The Kier molecular flexibility index (Phi) is 4.67. The molecule has 3 unspecified atom stereocenters. The second-order valence-corrected chi connectivity index (χ2v) is 8.36. The highest BCUT2D eigenvalue weighted by Gasteiger charge is 2.34. The van der Waals surface area contributed by atoms with Crippen molar-refractivity contribution in [3.05, 3.63) is 11.5 Å². The number of carbonyl (C=O) groups excluding carboxylic acids is 1. The Labute approximate surface area is 142 Å². The summed E-state index contributed by atoms with van der Waals surface area (Å²) in [6, 6.07) is -0.0461. The van der Waals surface area contributed by atoms with Gasteiger partial charge in [0.1, 0.15) is 10.6 Å². The minimum absolute atomic E-state index is 0.0127. The zero-order valence-electron chi connectivity index (χ0n) is 14.2. The molecule has 3 rings (SSSR count). The van der Waals surface area contributed by atoms with E-state index in [-0.39, 0.29) is 22.3 Å². The molecule has 9 heteroatoms. The molecule has 24 heavy (non-hydrogen) atoms. The molecule has 0 saturated carbocycles. The summed E-state index contributed by atoms with van der Waals surface area (Å²) in [4.78, 5) is 14.5. The first kappa shape index (κ1) is 17.4. The normalized spacial score (nSPS) is 25.5. The molecule has 1 aromatic heterocycles. The molecule has 0 spiro atoms. The highest BCUT2D eigenvalue weighted by atomic mass is 32.2. The number of hydrogen-bond donors (Lipinski definition) is 2. The van der Waals surface area contributed by atoms with Crippen LogP contribution in [0.25, 0.3) is 0 Å². The summed E-state index contributed by atoms with van der Waals surface area (Å²) in [6.45, 7) is 5.97. The number of fused-ring (bicyclic) bond motifs is 2. The number of sulfonamides is 1. The van der Waals surface area contributed by atoms with Gasteiger partial charge in [0.05, 0.1) is 6.04 Å². The molecule has 2 fully saturated rings. The van der Waals surface area contributed by atoms with Crippen LogP contribution in [0.3, 0.4) is 0 Å². The molecule has 0 aliphatic carbocycles. The summed E-state index contributed by atoms with van der Waals surface area (Å²) in [7, 11) is -3.85. The molecule has 2 N–H and O–H groups in total. The van der Waals surface area contributed by atoms with Crippen LogP contribution < -0.4 is 10.0 Å². The summed E-state index contributed by atoms with van der Waals surface area (Å²) < 4.78 is 32.4. The van der Waals surface area contributed by atoms with Gasteiger partial charge in [0.2, 0.25) is 15.9 Å². The highest BCUT2D eigenvalue weighted by molar-refractivity contribution is 7.89. The van der Waals surface area contributed by atoms with Crippen molar-refractivity contribution < 1.29 is 17.7 Å². The molecular weight excluding hydrogens is 332 g/mol. The third-order valence-electron chi connectivity index (χ3n) is 4.77. The molecule has 1 aromatic rings. The fourth-order valence-electron chi connectivity index (χ4n) is 3.62. The van der Waals surface area contributed by atoms with E-state index in [0.717, 1.165) is 19.3 Å². The zero-order chi connectivity index (χ0) is 17.5. The fourth-order valence-corrected chi connectivity index (χ4v) is 5.14. The topological polar surface area (TPSA) is 105 Å². The van der Waals surface area contributed by atoms with Gasteiger partial charge in [0.25, 0.3) is 0 Å². The van der Waals surface area contributed by atoms with Crippen LogP contribution in [0.2, 0.25) is 0 Å². The Morgan fingerprint density at radius 2 is 2.04 bits per heavy atom. The molecule has 1 amide bonds. The Hall–Kier alpha value is -1.45. The fraction of sp³-hybridized carbons (Fsp3) is 0.733. The van der Waals surface area contributed by atoms with Gasteiger partial charge in [-0.05, 0) is 40.0 Å². The van der Waals surface area contributed by atoms with Gasteiger partial charge in [-0.3, -0.25) is 4.79 Å². The van der Waals surface area contributed by atoms with E-state index in [0.29, 0.717) is 25.2 Å². The largest absolute Gasteiger partial charge is 0.360 e. The van der Waals surface area contributed by atoms with Crippen molar-refractivity contribution >= 4 is 15.9 Å². The van der Waals surface area contributed by atoms with Crippen molar-refractivity contribution in [2.75, 3.05) is 13.1 Å². The van der Waals surface area contributed by atoms with Crippen LogP contribution in [0.1, 0.15) is 37.6 Å². The van der Waals surface area contributed by atoms with Crippen LogP contribution >= 0.6 is 0 Å². The second-order valence-electron chi connectivity index (χ2n) is 6.71. The predicted molar refractivity (Wildman–Crippen MR) is 86.9 cm³/mol. The molecule has 134 valence electrons. The van der Waals surface area contributed by atoms with Crippen molar-refractivity contribution in [3.8, 4) is 0 Å². The minimum Gasteiger partial charge on any atom is -0.360 e. The van der Waals surface area contributed by atoms with Gasteiger partial charge in [0, 0.05) is 25.2 Å². The lowest BCUT2D eigenvalue weighted by Gasteiger charge is -2.27. The maximum Gasteiger partial charge on any atom is 0.246 e. The van der Waals surface area contributed by atoms with E-state index in [4.69, 9.17) is 4.52 Å². The Morgan fingerprint density at radius 3 is 2.71 bits per heavy atom. The van der Waals surface area contributed by atoms with Gasteiger partial charge in [-0.15, -0.1) is 0 Å². The number of aromatic nitrogens is 1. The summed E-state index contributed by atoms with van der Waals surface area (Å²) in [5, 5.41) is 7.17. The third kappa shape index (κ3) is 3.33. The first-order chi connectivity index (χ1) is 11.3. The quantitative estimate of drug-likeness (QED) is 0.805. The molecule has 3 heterocycles.